The standard InChI is InChI=1S/C13H16F3N3/c1-8(17)3-2-4-12-18-10-6-5-9(13(14,15)16)7-11(10)19-12/h5-8H,2-4,17H2,1H3,(H,18,19). The summed E-state index contributed by atoms with van der Waals surface area (Å²) in [4.78, 5) is 7.20. The Morgan fingerprint density at radius 2 is 2.11 bits per heavy atom. The van der Waals surface area contributed by atoms with E-state index in [0.717, 1.165) is 25.0 Å². The van der Waals surface area contributed by atoms with Gasteiger partial charge in [-0.1, -0.05) is 0 Å². The molecule has 19 heavy (non-hydrogen) atoms. The zero-order valence-electron chi connectivity index (χ0n) is 10.6. The average Bonchev–Trinajstić information content (AvgIpc) is 2.68. The molecule has 1 unspecified atom stereocenters. The van der Waals surface area contributed by atoms with Crippen LogP contribution in [-0.2, 0) is 12.6 Å². The van der Waals surface area contributed by atoms with E-state index in [-0.39, 0.29) is 6.04 Å². The number of nitrogens with one attached hydrogen (secondary N) is 1. The number of aromatic amines is 1. The number of hydrogen-bond acceptors (Lipinski definition) is 2. The smallest absolute Gasteiger partial charge is 0.342 e. The molecule has 3 N–H and O–H groups in total. The van der Waals surface area contributed by atoms with Gasteiger partial charge in [-0.3, -0.25) is 0 Å². The third kappa shape index (κ3) is 3.47. The molecule has 1 aromatic heterocycles. The first kappa shape index (κ1) is 13.9. The Morgan fingerprint density at radius 3 is 2.74 bits per heavy atom. The van der Waals surface area contributed by atoms with Crippen LogP contribution in [0.15, 0.2) is 18.2 Å². The fraction of sp³-hybridized carbons (Fsp3) is 0.462. The fourth-order valence-corrected chi connectivity index (χ4v) is 1.95. The third-order valence-corrected chi connectivity index (χ3v) is 2.93. The van der Waals surface area contributed by atoms with Gasteiger partial charge in [0.15, 0.2) is 0 Å². The first-order valence-corrected chi connectivity index (χ1v) is 6.17. The molecule has 104 valence electrons. The maximum Gasteiger partial charge on any atom is 0.416 e. The first-order chi connectivity index (χ1) is 8.86. The number of alkyl halides is 3. The van der Waals surface area contributed by atoms with E-state index < -0.39 is 11.7 Å². The second-order valence-corrected chi connectivity index (χ2v) is 4.78. The van der Waals surface area contributed by atoms with Crippen molar-refractivity contribution in [3.05, 3.63) is 29.6 Å². The number of aryl methyl sites for hydroxylation is 1. The number of aromatic nitrogens is 2. The SMILES string of the molecule is CC(N)CCCc1nc2ccc(C(F)(F)F)cc2[nH]1. The van der Waals surface area contributed by atoms with Crippen molar-refractivity contribution in [2.75, 3.05) is 0 Å². The van der Waals surface area contributed by atoms with Crippen LogP contribution < -0.4 is 5.73 Å². The molecule has 1 heterocycles. The number of halogens is 3. The topological polar surface area (TPSA) is 54.7 Å². The average molecular weight is 271 g/mol. The normalized spacial score (nSPS) is 13.9. The molecular weight excluding hydrogens is 255 g/mol. The van der Waals surface area contributed by atoms with Crippen LogP contribution in [0.5, 0.6) is 0 Å². The summed E-state index contributed by atoms with van der Waals surface area (Å²) < 4.78 is 37.7. The van der Waals surface area contributed by atoms with E-state index in [4.69, 9.17) is 5.73 Å². The van der Waals surface area contributed by atoms with Crippen molar-refractivity contribution in [2.45, 2.75) is 38.4 Å². The van der Waals surface area contributed by atoms with Gasteiger partial charge in [0.05, 0.1) is 16.6 Å². The maximum atomic E-state index is 12.6. The summed E-state index contributed by atoms with van der Waals surface area (Å²) in [5, 5.41) is 0. The van der Waals surface area contributed by atoms with Gasteiger partial charge in [-0.25, -0.2) is 4.98 Å². The van der Waals surface area contributed by atoms with Gasteiger partial charge in [-0.05, 0) is 38.0 Å². The highest BCUT2D eigenvalue weighted by atomic mass is 19.4. The highest BCUT2D eigenvalue weighted by Crippen LogP contribution is 2.30. The van der Waals surface area contributed by atoms with Crippen LogP contribution in [0.1, 0.15) is 31.2 Å². The molecule has 0 bridgehead atoms. The molecule has 0 aliphatic rings. The van der Waals surface area contributed by atoms with E-state index in [1.54, 1.807) is 0 Å². The monoisotopic (exact) mass is 271 g/mol. The Labute approximate surface area is 109 Å². The zero-order chi connectivity index (χ0) is 14.0. The second-order valence-electron chi connectivity index (χ2n) is 4.78. The Bertz CT molecular complexity index is 558. The van der Waals surface area contributed by atoms with E-state index in [0.29, 0.717) is 23.3 Å². The zero-order valence-corrected chi connectivity index (χ0v) is 10.6. The summed E-state index contributed by atoms with van der Waals surface area (Å²) in [5.74, 6) is 0.704. The predicted molar refractivity (Wildman–Crippen MR) is 67.7 cm³/mol. The molecule has 0 amide bonds. The number of H-pyrrole nitrogens is 1. The van der Waals surface area contributed by atoms with Crippen LogP contribution in [-0.4, -0.2) is 16.0 Å². The third-order valence-electron chi connectivity index (χ3n) is 2.93. The number of rotatable bonds is 4. The molecule has 0 aliphatic carbocycles. The van der Waals surface area contributed by atoms with Gasteiger partial charge in [0.25, 0.3) is 0 Å². The summed E-state index contributed by atoms with van der Waals surface area (Å²) in [6, 6.07) is 3.66. The van der Waals surface area contributed by atoms with Gasteiger partial charge >= 0.3 is 6.18 Å². The van der Waals surface area contributed by atoms with E-state index >= 15 is 0 Å². The van der Waals surface area contributed by atoms with E-state index in [9.17, 15) is 13.2 Å². The molecule has 1 aromatic carbocycles. The van der Waals surface area contributed by atoms with Crippen LogP contribution in [0.4, 0.5) is 13.2 Å². The lowest BCUT2D eigenvalue weighted by molar-refractivity contribution is -0.137. The number of hydrogen-bond donors (Lipinski definition) is 2. The van der Waals surface area contributed by atoms with Gasteiger partial charge in [-0.15, -0.1) is 0 Å². The van der Waals surface area contributed by atoms with Crippen LogP contribution in [0.25, 0.3) is 11.0 Å². The van der Waals surface area contributed by atoms with Crippen molar-refractivity contribution >= 4 is 11.0 Å². The van der Waals surface area contributed by atoms with Crippen LogP contribution in [0.2, 0.25) is 0 Å². The summed E-state index contributed by atoms with van der Waals surface area (Å²) in [5.41, 5.74) is 5.96. The van der Waals surface area contributed by atoms with Crippen molar-refractivity contribution in [1.82, 2.24) is 9.97 Å². The van der Waals surface area contributed by atoms with Gasteiger partial charge in [0.1, 0.15) is 5.82 Å². The van der Waals surface area contributed by atoms with Crippen molar-refractivity contribution in [3.63, 3.8) is 0 Å². The summed E-state index contributed by atoms with van der Waals surface area (Å²) in [6.45, 7) is 1.92. The lowest BCUT2D eigenvalue weighted by Gasteiger charge is -2.05. The fourth-order valence-electron chi connectivity index (χ4n) is 1.95. The summed E-state index contributed by atoms with van der Waals surface area (Å²) in [7, 11) is 0. The van der Waals surface area contributed by atoms with Crippen molar-refractivity contribution in [3.8, 4) is 0 Å². The molecule has 2 aromatic rings. The Kier molecular flexibility index (Phi) is 3.80. The number of fused-ring (bicyclic) bond motifs is 1. The highest BCUT2D eigenvalue weighted by molar-refractivity contribution is 5.76. The number of benzene rings is 1. The minimum absolute atomic E-state index is 0.126. The lowest BCUT2D eigenvalue weighted by Crippen LogP contribution is -2.14. The predicted octanol–water partition coefficient (Wildman–Crippen LogP) is 3.25. The van der Waals surface area contributed by atoms with E-state index in [1.807, 2.05) is 6.92 Å². The van der Waals surface area contributed by atoms with Crippen LogP contribution in [0, 0.1) is 0 Å². The van der Waals surface area contributed by atoms with E-state index in [1.165, 1.54) is 6.07 Å². The van der Waals surface area contributed by atoms with Gasteiger partial charge < -0.3 is 10.7 Å². The largest absolute Gasteiger partial charge is 0.416 e. The molecule has 0 saturated carbocycles. The Balaban J connectivity index is 2.16. The number of nitrogens with two attached hydrogens (primary N) is 1. The quantitative estimate of drug-likeness (QED) is 0.896. The van der Waals surface area contributed by atoms with Gasteiger partial charge in [-0.2, -0.15) is 13.2 Å². The lowest BCUT2D eigenvalue weighted by atomic mass is 10.1. The molecule has 2 rings (SSSR count). The molecule has 0 fully saturated rings. The summed E-state index contributed by atoms with van der Waals surface area (Å²) >= 11 is 0. The molecule has 6 heteroatoms. The molecular formula is C13H16F3N3. The molecule has 0 saturated heterocycles. The van der Waals surface area contributed by atoms with Crippen LogP contribution >= 0.6 is 0 Å². The molecule has 1 atom stereocenters. The van der Waals surface area contributed by atoms with E-state index in [2.05, 4.69) is 9.97 Å². The molecule has 3 nitrogen and oxygen atoms in total. The Morgan fingerprint density at radius 1 is 1.37 bits per heavy atom. The first-order valence-electron chi connectivity index (χ1n) is 6.17. The van der Waals surface area contributed by atoms with Gasteiger partial charge in [0.2, 0.25) is 0 Å². The van der Waals surface area contributed by atoms with Crippen molar-refractivity contribution in [1.29, 1.82) is 0 Å². The number of imidazole rings is 1. The minimum atomic E-state index is -4.32. The van der Waals surface area contributed by atoms with Crippen LogP contribution in [0.3, 0.4) is 0 Å². The van der Waals surface area contributed by atoms with Crippen molar-refractivity contribution in [2.24, 2.45) is 5.73 Å². The minimum Gasteiger partial charge on any atom is -0.342 e. The molecule has 0 spiro atoms. The van der Waals surface area contributed by atoms with Crippen molar-refractivity contribution < 1.29 is 13.2 Å². The summed E-state index contributed by atoms with van der Waals surface area (Å²) in [6.07, 6.45) is -1.90. The van der Waals surface area contributed by atoms with Gasteiger partial charge in [0, 0.05) is 12.5 Å². The number of nitrogens with zero attached hydrogens (tertiary/aromatic N) is 1. The molecule has 0 radical (unpaired) electrons. The molecule has 0 aliphatic heterocycles. The second kappa shape index (κ2) is 5.21. The Hall–Kier alpha value is -1.56. The maximum absolute atomic E-state index is 12.6. The highest BCUT2D eigenvalue weighted by Gasteiger charge is 2.30.